The monoisotopic (exact) mass is 122 g/mol. The SMILES string of the molecule is N=C([O-])[S-](=N)=S. The van der Waals surface area contributed by atoms with Crippen LogP contribution in [0.2, 0.25) is 0 Å². The van der Waals surface area contributed by atoms with Crippen molar-refractivity contribution < 1.29 is 5.11 Å². The summed E-state index contributed by atoms with van der Waals surface area (Å²) in [5, 5.41) is 14.7. The molecule has 0 rings (SSSR count). The van der Waals surface area contributed by atoms with Crippen molar-refractivity contribution in [3.05, 3.63) is 0 Å². The summed E-state index contributed by atoms with van der Waals surface area (Å²) >= 11 is 4.06. The molecule has 0 bridgehead atoms. The lowest BCUT2D eigenvalue weighted by Crippen LogP contribution is -2.14. The Morgan fingerprint density at radius 3 is 2.00 bits per heavy atom. The highest BCUT2D eigenvalue weighted by Gasteiger charge is 1.44. The highest BCUT2D eigenvalue weighted by Crippen LogP contribution is 1.55. The van der Waals surface area contributed by atoms with Gasteiger partial charge in [0, 0.05) is 0 Å². The van der Waals surface area contributed by atoms with E-state index in [4.69, 9.17) is 10.2 Å². The molecule has 0 radical (unpaired) electrons. The predicted octanol–water partition coefficient (Wildman–Crippen LogP) is -0.876. The van der Waals surface area contributed by atoms with E-state index in [1.807, 2.05) is 0 Å². The summed E-state index contributed by atoms with van der Waals surface area (Å²) in [4.78, 5) is 0. The van der Waals surface area contributed by atoms with Crippen LogP contribution in [0, 0.1) is 10.2 Å². The first-order valence-electron chi connectivity index (χ1n) is 1.03. The van der Waals surface area contributed by atoms with Gasteiger partial charge in [0.1, 0.15) is 0 Å². The van der Waals surface area contributed by atoms with Gasteiger partial charge in [0.05, 0.1) is 0 Å². The third-order valence-corrected chi connectivity index (χ3v) is 0.959. The molecule has 0 aliphatic heterocycles. The molecule has 36 valence electrons. The topological polar surface area (TPSA) is 70.8 Å². The maximum Gasteiger partial charge on any atom is -0.130 e. The average Bonchev–Trinajstić information content (AvgIpc) is 1.36. The van der Waals surface area contributed by atoms with Crippen LogP contribution in [0.1, 0.15) is 0 Å². The summed E-state index contributed by atoms with van der Waals surface area (Å²) in [7, 11) is -1.51. The fourth-order valence-electron chi connectivity index (χ4n) is 0. The summed E-state index contributed by atoms with van der Waals surface area (Å²) < 4.78 is 6.34. The quantitative estimate of drug-likeness (QED) is 0.249. The van der Waals surface area contributed by atoms with Crippen LogP contribution in [0.4, 0.5) is 0 Å². The van der Waals surface area contributed by atoms with Crippen LogP contribution in [0.5, 0.6) is 0 Å². The highest BCUT2D eigenvalue weighted by molar-refractivity contribution is 8.30. The molecule has 0 spiro atoms. The molecular weight excluding hydrogens is 120 g/mol. The zero-order valence-electron chi connectivity index (χ0n) is 2.72. The number of hydrogen-bond acceptors (Lipinski definition) is 5. The van der Waals surface area contributed by atoms with E-state index in [1.54, 1.807) is 0 Å². The van der Waals surface area contributed by atoms with Crippen LogP contribution in [0.3, 0.4) is 0 Å². The minimum atomic E-state index is -1.51. The van der Waals surface area contributed by atoms with Crippen molar-refractivity contribution in [2.75, 3.05) is 0 Å². The summed E-state index contributed by atoms with van der Waals surface area (Å²) in [6, 6.07) is 0. The molecule has 3 nitrogen and oxygen atoms in total. The van der Waals surface area contributed by atoms with Crippen LogP contribution in [0.25, 0.3) is 0 Å². The minimum absolute atomic E-state index is 0.981. The molecule has 6 heavy (non-hydrogen) atoms. The zero-order chi connectivity index (χ0) is 5.15. The van der Waals surface area contributed by atoms with Gasteiger partial charge in [0.15, 0.2) is 0 Å². The molecule has 0 saturated heterocycles. The lowest BCUT2D eigenvalue weighted by Gasteiger charge is -2.08. The van der Waals surface area contributed by atoms with E-state index in [2.05, 4.69) is 11.2 Å². The van der Waals surface area contributed by atoms with Gasteiger partial charge >= 0.3 is 0 Å². The maximum absolute atomic E-state index is 9.53. The van der Waals surface area contributed by atoms with E-state index in [1.165, 1.54) is 0 Å². The Balaban J connectivity index is 3.94. The van der Waals surface area contributed by atoms with Gasteiger partial charge < -0.3 is 15.3 Å². The number of nitrogens with one attached hydrogen (secondary N) is 2. The molecule has 0 aliphatic carbocycles. The molecule has 0 fully saturated rings. The van der Waals surface area contributed by atoms with Crippen molar-refractivity contribution in [1.29, 1.82) is 10.2 Å². The van der Waals surface area contributed by atoms with E-state index >= 15 is 0 Å². The molecular formula is CH2N2OS2-2. The van der Waals surface area contributed by atoms with Crippen molar-refractivity contribution in [1.82, 2.24) is 0 Å². The molecule has 0 unspecified atom stereocenters. The summed E-state index contributed by atoms with van der Waals surface area (Å²) in [5.74, 6) is 0. The molecule has 2 N–H and O–H groups in total. The molecule has 0 heterocycles. The van der Waals surface area contributed by atoms with Gasteiger partial charge in [0.25, 0.3) is 0 Å². The van der Waals surface area contributed by atoms with Crippen molar-refractivity contribution in [3.8, 4) is 0 Å². The van der Waals surface area contributed by atoms with Crippen LogP contribution >= 0.6 is 0 Å². The van der Waals surface area contributed by atoms with E-state index in [0.717, 1.165) is 0 Å². The van der Waals surface area contributed by atoms with Crippen molar-refractivity contribution >= 4 is 25.7 Å². The van der Waals surface area contributed by atoms with Gasteiger partial charge in [-0.15, -0.1) is 5.23 Å². The lowest BCUT2D eigenvalue weighted by atomic mass is 11.5. The fraction of sp³-hybridized carbons (Fsp3) is 0. The van der Waals surface area contributed by atoms with Gasteiger partial charge in [-0.2, -0.15) is 0 Å². The first-order chi connectivity index (χ1) is 2.64. The number of hydrogen-bond donors (Lipinski definition) is 2. The molecule has 0 aliphatic rings. The summed E-state index contributed by atoms with van der Waals surface area (Å²) in [6.07, 6.45) is 0. The molecule has 0 aromatic rings. The standard InChI is InChI=1S/CH3N2OS2/c2-1(4)6(3)5/h3H,(H2,2,4)/q-1/p-1. The minimum Gasteiger partial charge on any atom is -0.878 e. The Kier molecular flexibility index (Phi) is 2.04. The van der Waals surface area contributed by atoms with Gasteiger partial charge in [-0.1, -0.05) is 0 Å². The van der Waals surface area contributed by atoms with Crippen LogP contribution in [-0.4, -0.2) is 5.23 Å². The Hall–Kier alpha value is -0.160. The van der Waals surface area contributed by atoms with E-state index in [-0.39, 0.29) is 0 Å². The maximum atomic E-state index is 9.53. The molecule has 0 atom stereocenters. The Morgan fingerprint density at radius 1 is 1.83 bits per heavy atom. The molecule has 0 aromatic heterocycles. The Morgan fingerprint density at radius 2 is 2.00 bits per heavy atom. The average molecular weight is 122 g/mol. The highest BCUT2D eigenvalue weighted by atomic mass is 32.8. The van der Waals surface area contributed by atoms with E-state index in [9.17, 15) is 5.11 Å². The molecule has 0 aromatic carbocycles. The second-order valence-electron chi connectivity index (χ2n) is 0.556. The van der Waals surface area contributed by atoms with E-state index < -0.39 is 14.5 Å². The second-order valence-corrected chi connectivity index (χ2v) is 2.46. The van der Waals surface area contributed by atoms with Gasteiger partial charge in [-0.3, -0.25) is 9.25 Å². The van der Waals surface area contributed by atoms with E-state index in [0.29, 0.717) is 0 Å². The van der Waals surface area contributed by atoms with Crippen LogP contribution in [0.15, 0.2) is 0 Å². The lowest BCUT2D eigenvalue weighted by molar-refractivity contribution is -0.207. The van der Waals surface area contributed by atoms with Crippen LogP contribution < -0.4 is 5.11 Å². The third-order valence-electron chi connectivity index (χ3n) is 0.168. The smallest absolute Gasteiger partial charge is 0.130 e. The molecule has 5 heteroatoms. The predicted molar refractivity (Wildman–Crippen MR) is 25.2 cm³/mol. The Labute approximate surface area is 41.6 Å². The van der Waals surface area contributed by atoms with Crippen LogP contribution in [-0.2, 0) is 20.4 Å². The first-order valence-corrected chi connectivity index (χ1v) is 3.18. The fourth-order valence-corrected chi connectivity index (χ4v) is 0. The normalized spacial score (nSPS) is 8.83. The Bertz CT molecular complexity index is 118. The zero-order valence-corrected chi connectivity index (χ0v) is 4.36. The van der Waals surface area contributed by atoms with Gasteiger partial charge in [-0.25, -0.2) is 11.2 Å². The molecule has 0 saturated carbocycles. The van der Waals surface area contributed by atoms with Crippen molar-refractivity contribution in [2.45, 2.75) is 0 Å². The van der Waals surface area contributed by atoms with Gasteiger partial charge in [0.2, 0.25) is 0 Å². The van der Waals surface area contributed by atoms with Crippen molar-refractivity contribution in [3.63, 3.8) is 0 Å². The second kappa shape index (κ2) is 2.09. The first kappa shape index (κ1) is 5.84. The summed E-state index contributed by atoms with van der Waals surface area (Å²) in [6.45, 7) is 0. The van der Waals surface area contributed by atoms with Gasteiger partial charge in [-0.05, 0) is 0 Å². The third kappa shape index (κ3) is 2.10. The summed E-state index contributed by atoms with van der Waals surface area (Å²) in [5.41, 5.74) is 0. The molecule has 0 amide bonds. The van der Waals surface area contributed by atoms with Crippen molar-refractivity contribution in [2.24, 2.45) is 0 Å². The largest absolute Gasteiger partial charge is 0.878 e. The number of rotatable bonds is 0.